The Morgan fingerprint density at radius 1 is 1.54 bits per heavy atom. The van der Waals surface area contributed by atoms with E-state index in [1.807, 2.05) is 0 Å². The van der Waals surface area contributed by atoms with Crippen LogP contribution in [0.3, 0.4) is 0 Å². The van der Waals surface area contributed by atoms with Crippen molar-refractivity contribution in [1.29, 1.82) is 0 Å². The maximum Gasteiger partial charge on any atom is 0.123 e. The van der Waals surface area contributed by atoms with Gasteiger partial charge in [0.05, 0.1) is 0 Å². The smallest absolute Gasteiger partial charge is 0.123 e. The molecule has 0 aliphatic heterocycles. The van der Waals surface area contributed by atoms with Gasteiger partial charge in [0.15, 0.2) is 0 Å². The fourth-order valence-corrected chi connectivity index (χ4v) is 1.17. The molecule has 13 heavy (non-hydrogen) atoms. The number of hydrogen-bond donors (Lipinski definition) is 1. The Hall–Kier alpha value is -1.22. The van der Waals surface area contributed by atoms with Crippen molar-refractivity contribution in [3.8, 4) is 0 Å². The van der Waals surface area contributed by atoms with E-state index in [-0.39, 0.29) is 11.9 Å². The van der Waals surface area contributed by atoms with Crippen LogP contribution in [0, 0.1) is 5.82 Å². The molecular weight excluding hydrogens is 169 g/mol. The summed E-state index contributed by atoms with van der Waals surface area (Å²) in [7, 11) is 0. The predicted octanol–water partition coefficient (Wildman–Crippen LogP) is 1.28. The molecule has 1 aromatic rings. The third-order valence-corrected chi connectivity index (χ3v) is 1.79. The zero-order valence-electron chi connectivity index (χ0n) is 7.24. The van der Waals surface area contributed by atoms with Crippen molar-refractivity contribution in [2.75, 3.05) is 0 Å². The van der Waals surface area contributed by atoms with Crippen LogP contribution in [0.2, 0.25) is 0 Å². The molecule has 1 aromatic carbocycles. The topological polar surface area (TPSA) is 43.1 Å². The van der Waals surface area contributed by atoms with E-state index in [9.17, 15) is 9.18 Å². The second-order valence-corrected chi connectivity index (χ2v) is 3.00. The molecule has 70 valence electrons. The van der Waals surface area contributed by atoms with Gasteiger partial charge in [0, 0.05) is 12.5 Å². The van der Waals surface area contributed by atoms with Crippen LogP contribution >= 0.6 is 0 Å². The quantitative estimate of drug-likeness (QED) is 0.711. The Morgan fingerprint density at radius 3 is 2.92 bits per heavy atom. The van der Waals surface area contributed by atoms with E-state index >= 15 is 0 Å². The zero-order valence-corrected chi connectivity index (χ0v) is 7.24. The third kappa shape index (κ3) is 3.34. The first kappa shape index (κ1) is 9.86. The van der Waals surface area contributed by atoms with Crippen LogP contribution in [-0.4, -0.2) is 12.3 Å². The van der Waals surface area contributed by atoms with Gasteiger partial charge in [-0.15, -0.1) is 0 Å². The maximum atomic E-state index is 12.7. The Kier molecular flexibility index (Phi) is 3.58. The molecule has 1 rings (SSSR count). The van der Waals surface area contributed by atoms with Crippen molar-refractivity contribution < 1.29 is 9.18 Å². The summed E-state index contributed by atoms with van der Waals surface area (Å²) in [5.74, 6) is -0.268. The molecule has 0 aliphatic rings. The van der Waals surface area contributed by atoms with Crippen molar-refractivity contribution in [2.24, 2.45) is 5.73 Å². The molecule has 2 N–H and O–H groups in total. The highest BCUT2D eigenvalue weighted by molar-refractivity contribution is 5.50. The number of aldehydes is 1. The number of rotatable bonds is 4. The van der Waals surface area contributed by atoms with E-state index < -0.39 is 0 Å². The Morgan fingerprint density at radius 2 is 2.31 bits per heavy atom. The molecule has 3 heteroatoms. The lowest BCUT2D eigenvalue weighted by Crippen LogP contribution is -2.23. The molecule has 1 atom stereocenters. The van der Waals surface area contributed by atoms with Gasteiger partial charge in [-0.25, -0.2) is 4.39 Å². The minimum absolute atomic E-state index is 0.209. The normalized spacial score (nSPS) is 12.5. The van der Waals surface area contributed by atoms with Crippen LogP contribution in [0.25, 0.3) is 0 Å². The lowest BCUT2D eigenvalue weighted by atomic mass is 10.0. The van der Waals surface area contributed by atoms with E-state index in [4.69, 9.17) is 5.73 Å². The van der Waals surface area contributed by atoms with Crippen LogP contribution in [-0.2, 0) is 11.2 Å². The summed E-state index contributed by atoms with van der Waals surface area (Å²) < 4.78 is 12.7. The summed E-state index contributed by atoms with van der Waals surface area (Å²) in [6.07, 6.45) is 1.64. The van der Waals surface area contributed by atoms with E-state index in [0.29, 0.717) is 12.8 Å². The predicted molar refractivity (Wildman–Crippen MR) is 48.8 cm³/mol. The average molecular weight is 181 g/mol. The summed E-state index contributed by atoms with van der Waals surface area (Å²) in [4.78, 5) is 10.1. The molecule has 1 unspecified atom stereocenters. The van der Waals surface area contributed by atoms with Crippen molar-refractivity contribution in [2.45, 2.75) is 18.9 Å². The van der Waals surface area contributed by atoms with E-state index in [1.165, 1.54) is 12.1 Å². The molecule has 0 bridgehead atoms. The number of carbonyl (C=O) groups excluding carboxylic acids is 1. The molecule has 0 aromatic heterocycles. The summed E-state index contributed by atoms with van der Waals surface area (Å²) >= 11 is 0. The van der Waals surface area contributed by atoms with Crippen LogP contribution in [0.1, 0.15) is 12.0 Å². The lowest BCUT2D eigenvalue weighted by Gasteiger charge is -2.07. The van der Waals surface area contributed by atoms with Gasteiger partial charge in [0.1, 0.15) is 12.1 Å². The highest BCUT2D eigenvalue weighted by Crippen LogP contribution is 2.06. The van der Waals surface area contributed by atoms with Gasteiger partial charge in [-0.1, -0.05) is 12.1 Å². The van der Waals surface area contributed by atoms with E-state index in [0.717, 1.165) is 11.8 Å². The Bertz CT molecular complexity index is 288. The monoisotopic (exact) mass is 181 g/mol. The third-order valence-electron chi connectivity index (χ3n) is 1.79. The summed E-state index contributed by atoms with van der Waals surface area (Å²) in [6, 6.07) is 6.05. The Balaban J connectivity index is 2.58. The van der Waals surface area contributed by atoms with Gasteiger partial charge in [-0.3, -0.25) is 0 Å². The van der Waals surface area contributed by atoms with Crippen molar-refractivity contribution in [1.82, 2.24) is 0 Å². The highest BCUT2D eigenvalue weighted by Gasteiger charge is 2.03. The SMILES string of the molecule is NC(CC=O)Cc1cccc(F)c1. The molecule has 0 saturated heterocycles. The van der Waals surface area contributed by atoms with Gasteiger partial charge in [0.2, 0.25) is 0 Å². The fourth-order valence-electron chi connectivity index (χ4n) is 1.17. The van der Waals surface area contributed by atoms with Crippen LogP contribution in [0.4, 0.5) is 4.39 Å². The second-order valence-electron chi connectivity index (χ2n) is 3.00. The summed E-state index contributed by atoms with van der Waals surface area (Å²) in [5, 5.41) is 0. The first-order valence-corrected chi connectivity index (χ1v) is 4.16. The molecule has 2 nitrogen and oxygen atoms in total. The van der Waals surface area contributed by atoms with E-state index in [1.54, 1.807) is 12.1 Å². The fraction of sp³-hybridized carbons (Fsp3) is 0.300. The number of benzene rings is 1. The van der Waals surface area contributed by atoms with Crippen LogP contribution in [0.5, 0.6) is 0 Å². The van der Waals surface area contributed by atoms with Gasteiger partial charge in [-0.2, -0.15) is 0 Å². The van der Waals surface area contributed by atoms with E-state index in [2.05, 4.69) is 0 Å². The first-order chi connectivity index (χ1) is 6.22. The highest BCUT2D eigenvalue weighted by atomic mass is 19.1. The zero-order chi connectivity index (χ0) is 9.68. The van der Waals surface area contributed by atoms with Gasteiger partial charge in [0.25, 0.3) is 0 Å². The Labute approximate surface area is 76.6 Å². The minimum Gasteiger partial charge on any atom is -0.327 e. The lowest BCUT2D eigenvalue weighted by molar-refractivity contribution is -0.108. The molecule has 0 amide bonds. The molecule has 0 radical (unpaired) electrons. The van der Waals surface area contributed by atoms with Crippen molar-refractivity contribution in [3.05, 3.63) is 35.6 Å². The van der Waals surface area contributed by atoms with Crippen LogP contribution in [0.15, 0.2) is 24.3 Å². The number of halogens is 1. The number of hydrogen-bond acceptors (Lipinski definition) is 2. The van der Waals surface area contributed by atoms with Gasteiger partial charge >= 0.3 is 0 Å². The van der Waals surface area contributed by atoms with Gasteiger partial charge < -0.3 is 10.5 Å². The number of carbonyl (C=O) groups is 1. The summed E-state index contributed by atoms with van der Waals surface area (Å²) in [5.41, 5.74) is 6.44. The standard InChI is InChI=1S/C10H12FNO/c11-9-3-1-2-8(6-9)7-10(12)4-5-13/h1-3,5-6,10H,4,7,12H2. The van der Waals surface area contributed by atoms with Crippen molar-refractivity contribution >= 4 is 6.29 Å². The molecule has 0 fully saturated rings. The minimum atomic E-state index is -0.268. The number of nitrogens with two attached hydrogens (primary N) is 1. The molecule has 0 spiro atoms. The maximum absolute atomic E-state index is 12.7. The first-order valence-electron chi connectivity index (χ1n) is 4.16. The van der Waals surface area contributed by atoms with Crippen LogP contribution < -0.4 is 5.73 Å². The molecule has 0 heterocycles. The molecule has 0 aliphatic carbocycles. The average Bonchev–Trinajstić information content (AvgIpc) is 2.04. The van der Waals surface area contributed by atoms with Crippen molar-refractivity contribution in [3.63, 3.8) is 0 Å². The molecule has 0 saturated carbocycles. The largest absolute Gasteiger partial charge is 0.327 e. The summed E-state index contributed by atoms with van der Waals surface area (Å²) in [6.45, 7) is 0. The van der Waals surface area contributed by atoms with Gasteiger partial charge in [-0.05, 0) is 24.1 Å². The molecular formula is C10H12FNO. The second kappa shape index (κ2) is 4.72.